The van der Waals surface area contributed by atoms with Crippen molar-refractivity contribution in [1.82, 2.24) is 31.6 Å². The standard InChI is InChI=1S/C36H46N6O6S/c1-23(2)19-27-36(47)42-28(20-25-11-5-4-6-12-25)34(45)38-17-10-18-48-30-14-8-7-13-26(30)33(44)41-29(21-31(43)40-27)35(46)37-16-9-15-32-39-24(3)22-49-32/h4-8,11-14,22-23,27-29H,9-10,15-21H2,1-3H3,(H,37,46)(H,38,45)(H,40,43)(H,41,44)(H,42,47)/t27-,28+,29+/m1/s1. The van der Waals surface area contributed by atoms with Crippen LogP contribution in [-0.2, 0) is 32.0 Å². The first-order valence-corrected chi connectivity index (χ1v) is 17.6. The number of carbonyl (C=O) groups excluding carboxylic acids is 5. The molecule has 0 saturated heterocycles. The highest BCUT2D eigenvalue weighted by molar-refractivity contribution is 7.09. The van der Waals surface area contributed by atoms with Crippen molar-refractivity contribution in [2.75, 3.05) is 19.7 Å². The minimum atomic E-state index is -1.24. The summed E-state index contributed by atoms with van der Waals surface area (Å²) in [5.41, 5.74) is 2.00. The van der Waals surface area contributed by atoms with Crippen molar-refractivity contribution in [2.24, 2.45) is 5.92 Å². The molecule has 0 unspecified atom stereocenters. The lowest BCUT2D eigenvalue weighted by molar-refractivity contribution is -0.133. The maximum atomic E-state index is 13.7. The zero-order valence-corrected chi connectivity index (χ0v) is 29.1. The largest absolute Gasteiger partial charge is 0.493 e. The number of hydrogen-bond donors (Lipinski definition) is 5. The topological polar surface area (TPSA) is 168 Å². The van der Waals surface area contributed by atoms with Gasteiger partial charge in [0.05, 0.1) is 23.6 Å². The maximum Gasteiger partial charge on any atom is 0.255 e. The maximum absolute atomic E-state index is 13.7. The summed E-state index contributed by atoms with van der Waals surface area (Å²) in [7, 11) is 0. The molecule has 2 heterocycles. The first-order valence-electron chi connectivity index (χ1n) is 16.7. The monoisotopic (exact) mass is 690 g/mol. The molecular formula is C36H46N6O6S. The third-order valence-electron chi connectivity index (χ3n) is 7.83. The number of fused-ring (bicyclic) bond motifs is 1. The van der Waals surface area contributed by atoms with E-state index in [0.29, 0.717) is 38.0 Å². The molecule has 1 aliphatic heterocycles. The summed E-state index contributed by atoms with van der Waals surface area (Å²) < 4.78 is 5.90. The number of thiazole rings is 1. The van der Waals surface area contributed by atoms with Crippen LogP contribution in [0.3, 0.4) is 0 Å². The van der Waals surface area contributed by atoms with Crippen LogP contribution < -0.4 is 31.3 Å². The van der Waals surface area contributed by atoms with Gasteiger partial charge in [-0.25, -0.2) is 4.98 Å². The van der Waals surface area contributed by atoms with Crippen LogP contribution in [0.2, 0.25) is 0 Å². The Labute approximate surface area is 291 Å². The summed E-state index contributed by atoms with van der Waals surface area (Å²) in [4.78, 5) is 71.9. The van der Waals surface area contributed by atoms with E-state index in [1.807, 2.05) is 56.5 Å². The minimum Gasteiger partial charge on any atom is -0.493 e. The average molecular weight is 691 g/mol. The molecule has 0 bridgehead atoms. The van der Waals surface area contributed by atoms with Crippen LogP contribution in [0.15, 0.2) is 60.0 Å². The molecule has 4 rings (SSSR count). The Hall–Kier alpha value is -4.78. The van der Waals surface area contributed by atoms with E-state index >= 15 is 0 Å². The van der Waals surface area contributed by atoms with Crippen molar-refractivity contribution >= 4 is 40.9 Å². The number of aromatic nitrogens is 1. The number of rotatable bonds is 9. The molecule has 5 amide bonds. The van der Waals surface area contributed by atoms with Gasteiger partial charge in [0, 0.05) is 37.0 Å². The van der Waals surface area contributed by atoms with Gasteiger partial charge in [-0.05, 0) is 49.8 Å². The van der Waals surface area contributed by atoms with Gasteiger partial charge in [0.2, 0.25) is 23.6 Å². The second kappa shape index (κ2) is 18.7. The van der Waals surface area contributed by atoms with Crippen molar-refractivity contribution in [1.29, 1.82) is 0 Å². The van der Waals surface area contributed by atoms with Crippen molar-refractivity contribution in [3.8, 4) is 5.75 Å². The van der Waals surface area contributed by atoms with Crippen LogP contribution in [0, 0.1) is 12.8 Å². The van der Waals surface area contributed by atoms with Gasteiger partial charge < -0.3 is 31.3 Å². The van der Waals surface area contributed by atoms with E-state index in [-0.39, 0.29) is 37.0 Å². The Morgan fingerprint density at radius 3 is 2.47 bits per heavy atom. The SMILES string of the molecule is Cc1csc(CCCNC(=O)[C@@H]2CC(=O)N[C@H](CC(C)C)C(=O)N[C@@H](Cc3ccccc3)C(=O)NCCCOc3ccccc3C(=O)N2)n1. The van der Waals surface area contributed by atoms with Gasteiger partial charge in [-0.15, -0.1) is 11.3 Å². The zero-order chi connectivity index (χ0) is 35.2. The lowest BCUT2D eigenvalue weighted by atomic mass is 10.0. The molecule has 262 valence electrons. The molecule has 3 atom stereocenters. The smallest absolute Gasteiger partial charge is 0.255 e. The molecule has 49 heavy (non-hydrogen) atoms. The van der Waals surface area contributed by atoms with E-state index < -0.39 is 48.2 Å². The number of amides is 5. The predicted octanol–water partition coefficient (Wildman–Crippen LogP) is 2.85. The van der Waals surface area contributed by atoms with Gasteiger partial charge in [-0.1, -0.05) is 56.3 Å². The van der Waals surface area contributed by atoms with E-state index in [1.54, 1.807) is 35.6 Å². The summed E-state index contributed by atoms with van der Waals surface area (Å²) in [5, 5.41) is 17.0. The summed E-state index contributed by atoms with van der Waals surface area (Å²) in [6.45, 7) is 6.54. The fourth-order valence-electron chi connectivity index (χ4n) is 5.38. The molecule has 1 aromatic heterocycles. The van der Waals surface area contributed by atoms with E-state index in [2.05, 4.69) is 31.6 Å². The van der Waals surface area contributed by atoms with Crippen molar-refractivity contribution < 1.29 is 28.7 Å². The summed E-state index contributed by atoms with van der Waals surface area (Å²) in [6, 6.07) is 12.9. The molecule has 0 fully saturated rings. The Morgan fingerprint density at radius 2 is 1.73 bits per heavy atom. The number of aryl methyl sites for hydroxylation is 2. The number of carbonyl (C=O) groups is 5. The van der Waals surface area contributed by atoms with Crippen LogP contribution in [0.25, 0.3) is 0 Å². The lowest BCUT2D eigenvalue weighted by Gasteiger charge is -2.25. The molecule has 3 aromatic rings. The predicted molar refractivity (Wildman–Crippen MR) is 187 cm³/mol. The number of para-hydroxylation sites is 1. The van der Waals surface area contributed by atoms with Gasteiger partial charge in [0.15, 0.2) is 0 Å². The quantitative estimate of drug-likeness (QED) is 0.215. The number of ether oxygens (including phenoxy) is 1. The molecule has 0 saturated carbocycles. The van der Waals surface area contributed by atoms with Crippen molar-refractivity contribution in [3.05, 3.63) is 81.8 Å². The molecule has 5 N–H and O–H groups in total. The van der Waals surface area contributed by atoms with E-state index in [1.165, 1.54) is 0 Å². The van der Waals surface area contributed by atoms with Crippen LogP contribution in [0.1, 0.15) is 66.2 Å². The summed E-state index contributed by atoms with van der Waals surface area (Å²) >= 11 is 1.56. The van der Waals surface area contributed by atoms with Gasteiger partial charge in [-0.2, -0.15) is 0 Å². The highest BCUT2D eigenvalue weighted by atomic mass is 32.1. The number of nitrogens with one attached hydrogen (secondary N) is 5. The molecule has 13 heteroatoms. The highest BCUT2D eigenvalue weighted by Gasteiger charge is 2.31. The second-order valence-electron chi connectivity index (χ2n) is 12.5. The molecular weight excluding hydrogens is 644 g/mol. The Kier molecular flexibility index (Phi) is 14.1. The molecule has 1 aliphatic rings. The highest BCUT2D eigenvalue weighted by Crippen LogP contribution is 2.19. The fraction of sp³-hybridized carbons (Fsp3) is 0.444. The van der Waals surface area contributed by atoms with Gasteiger partial charge >= 0.3 is 0 Å². The first-order chi connectivity index (χ1) is 23.6. The summed E-state index contributed by atoms with van der Waals surface area (Å²) in [6.07, 6.45) is 1.86. The lowest BCUT2D eigenvalue weighted by Crippen LogP contribution is -2.56. The van der Waals surface area contributed by atoms with E-state index in [4.69, 9.17) is 4.74 Å². The average Bonchev–Trinajstić information content (AvgIpc) is 3.50. The third kappa shape index (κ3) is 12.0. The fourth-order valence-corrected chi connectivity index (χ4v) is 6.20. The minimum absolute atomic E-state index is 0.0206. The summed E-state index contributed by atoms with van der Waals surface area (Å²) in [5.74, 6) is -2.27. The number of hydrogen-bond acceptors (Lipinski definition) is 8. The van der Waals surface area contributed by atoms with Crippen LogP contribution >= 0.6 is 11.3 Å². The van der Waals surface area contributed by atoms with Gasteiger partial charge in [0.25, 0.3) is 5.91 Å². The van der Waals surface area contributed by atoms with Gasteiger partial charge in [-0.3, -0.25) is 24.0 Å². The Balaban J connectivity index is 1.56. The molecule has 0 spiro atoms. The van der Waals surface area contributed by atoms with Gasteiger partial charge in [0.1, 0.15) is 23.9 Å². The van der Waals surface area contributed by atoms with Crippen LogP contribution in [-0.4, -0.2) is 72.3 Å². The van der Waals surface area contributed by atoms with E-state index in [0.717, 1.165) is 16.3 Å². The van der Waals surface area contributed by atoms with Crippen LogP contribution in [0.4, 0.5) is 0 Å². The third-order valence-corrected chi connectivity index (χ3v) is 8.86. The zero-order valence-electron chi connectivity index (χ0n) is 28.3. The van der Waals surface area contributed by atoms with Crippen molar-refractivity contribution in [3.63, 3.8) is 0 Å². The number of benzene rings is 2. The van der Waals surface area contributed by atoms with Crippen LogP contribution in [0.5, 0.6) is 5.75 Å². The first kappa shape index (κ1) is 37.0. The normalized spacial score (nSPS) is 19.6. The molecule has 0 radical (unpaired) electrons. The Morgan fingerprint density at radius 1 is 0.980 bits per heavy atom. The Bertz CT molecular complexity index is 1580. The van der Waals surface area contributed by atoms with Crippen molar-refractivity contribution in [2.45, 2.75) is 77.4 Å². The van der Waals surface area contributed by atoms with E-state index in [9.17, 15) is 24.0 Å². The number of nitrogens with zero attached hydrogens (tertiary/aromatic N) is 1. The molecule has 2 aromatic carbocycles. The second-order valence-corrected chi connectivity index (χ2v) is 13.4. The molecule has 0 aliphatic carbocycles. The molecule has 12 nitrogen and oxygen atoms in total.